The average molecular weight is 88.1 g/mol. The van der Waals surface area contributed by atoms with Gasteiger partial charge >= 0.3 is 51.4 Å². The summed E-state index contributed by atoms with van der Waals surface area (Å²) >= 11 is 0. The van der Waals surface area contributed by atoms with Crippen molar-refractivity contribution in [3.8, 4) is 0 Å². The van der Waals surface area contributed by atoms with Crippen LogP contribution in [0.4, 0.5) is 0 Å². The zero-order valence-corrected chi connectivity index (χ0v) is 6.02. The number of hydrogen-bond donors (Lipinski definition) is 1. The summed E-state index contributed by atoms with van der Waals surface area (Å²) < 4.78 is 0. The Morgan fingerprint density at radius 1 is 1.25 bits per heavy atom. The minimum absolute atomic E-state index is 0. The summed E-state index contributed by atoms with van der Waals surface area (Å²) in [6.45, 7) is 0. The van der Waals surface area contributed by atoms with Gasteiger partial charge in [0.05, 0.1) is 0 Å². The van der Waals surface area contributed by atoms with E-state index < -0.39 is 0 Å². The Kier molecular flexibility index (Phi) is 105. The monoisotopic (exact) mass is 88.0 g/mol. The molecule has 0 saturated carbocycles. The van der Waals surface area contributed by atoms with Crippen molar-refractivity contribution < 1.29 is 62.0 Å². The van der Waals surface area contributed by atoms with E-state index in [1.165, 1.54) is 0 Å². The SMILES string of the molecule is CO.[K+].[OH-]. The molecule has 0 aliphatic rings. The van der Waals surface area contributed by atoms with Gasteiger partial charge < -0.3 is 10.6 Å². The molecule has 22 valence electrons. The molecule has 0 fully saturated rings. The first-order valence-corrected chi connectivity index (χ1v) is 0.447. The molecule has 0 unspecified atom stereocenters. The zero-order valence-electron chi connectivity index (χ0n) is 2.89. The Balaban J connectivity index is -0.00000000500. The minimum atomic E-state index is 0. The molecule has 0 heterocycles. The van der Waals surface area contributed by atoms with Gasteiger partial charge in [-0.05, 0) is 0 Å². The first-order valence-electron chi connectivity index (χ1n) is 0.447. The third-order valence-corrected chi connectivity index (χ3v) is 0. The van der Waals surface area contributed by atoms with Crippen LogP contribution < -0.4 is 51.4 Å². The summed E-state index contributed by atoms with van der Waals surface area (Å²) in [7, 11) is 1.00. The van der Waals surface area contributed by atoms with Gasteiger partial charge in [0.1, 0.15) is 0 Å². The maximum absolute atomic E-state index is 7.00. The van der Waals surface area contributed by atoms with Gasteiger partial charge in [-0.2, -0.15) is 0 Å². The van der Waals surface area contributed by atoms with Crippen LogP contribution in [0.25, 0.3) is 0 Å². The Hall–Kier alpha value is 1.56. The predicted octanol–water partition coefficient (Wildman–Crippen LogP) is -3.56. The van der Waals surface area contributed by atoms with Crippen molar-refractivity contribution in [1.29, 1.82) is 0 Å². The largest absolute Gasteiger partial charge is 1.00 e. The van der Waals surface area contributed by atoms with Gasteiger partial charge in [-0.1, -0.05) is 0 Å². The van der Waals surface area contributed by atoms with Gasteiger partial charge in [0, 0.05) is 7.11 Å². The number of aliphatic hydroxyl groups is 1. The van der Waals surface area contributed by atoms with E-state index in [0.717, 1.165) is 7.11 Å². The third kappa shape index (κ3) is 9.59. The van der Waals surface area contributed by atoms with Gasteiger partial charge in [-0.15, -0.1) is 0 Å². The van der Waals surface area contributed by atoms with E-state index in [0.29, 0.717) is 0 Å². The second kappa shape index (κ2) is 23.8. The van der Waals surface area contributed by atoms with E-state index in [-0.39, 0.29) is 56.9 Å². The molecule has 0 radical (unpaired) electrons. The van der Waals surface area contributed by atoms with Crippen molar-refractivity contribution in [3.05, 3.63) is 0 Å². The Morgan fingerprint density at radius 3 is 1.25 bits per heavy atom. The van der Waals surface area contributed by atoms with Crippen molar-refractivity contribution in [2.24, 2.45) is 0 Å². The second-order valence-electron chi connectivity index (χ2n) is 0. The van der Waals surface area contributed by atoms with Crippen molar-refractivity contribution >= 4 is 0 Å². The molecule has 2 N–H and O–H groups in total. The fourth-order valence-corrected chi connectivity index (χ4v) is 0. The first kappa shape index (κ1) is 17.7. The van der Waals surface area contributed by atoms with Crippen LogP contribution in [-0.2, 0) is 0 Å². The van der Waals surface area contributed by atoms with Crippen LogP contribution in [0.5, 0.6) is 0 Å². The van der Waals surface area contributed by atoms with Crippen LogP contribution in [0.2, 0.25) is 0 Å². The molecule has 0 aromatic rings. The van der Waals surface area contributed by atoms with Crippen molar-refractivity contribution in [3.63, 3.8) is 0 Å². The second-order valence-corrected chi connectivity index (χ2v) is 0. The van der Waals surface area contributed by atoms with Crippen LogP contribution in [-0.4, -0.2) is 17.7 Å². The van der Waals surface area contributed by atoms with Crippen LogP contribution in [0, 0.1) is 0 Å². The van der Waals surface area contributed by atoms with Crippen molar-refractivity contribution in [1.82, 2.24) is 0 Å². The normalized spacial score (nSPS) is 1.50. The fraction of sp³-hybridized carbons (Fsp3) is 1.00. The summed E-state index contributed by atoms with van der Waals surface area (Å²) in [5, 5.41) is 7.00. The molecule has 3 heteroatoms. The zero-order chi connectivity index (χ0) is 2.00. The van der Waals surface area contributed by atoms with Crippen LogP contribution in [0.15, 0.2) is 0 Å². The Morgan fingerprint density at radius 2 is 1.25 bits per heavy atom. The van der Waals surface area contributed by atoms with Gasteiger partial charge in [0.2, 0.25) is 0 Å². The average Bonchev–Trinajstić information content (AvgIpc) is 1.00. The summed E-state index contributed by atoms with van der Waals surface area (Å²) in [4.78, 5) is 0. The fourth-order valence-electron chi connectivity index (χ4n) is 0. The molecule has 0 aromatic heterocycles. The maximum Gasteiger partial charge on any atom is 1.00 e. The van der Waals surface area contributed by atoms with E-state index in [1.807, 2.05) is 0 Å². The van der Waals surface area contributed by atoms with Gasteiger partial charge in [0.25, 0.3) is 0 Å². The molecule has 0 bridgehead atoms. The number of aliphatic hydroxyl groups excluding tert-OH is 1. The van der Waals surface area contributed by atoms with E-state index in [4.69, 9.17) is 5.11 Å². The minimum Gasteiger partial charge on any atom is -0.870 e. The summed E-state index contributed by atoms with van der Waals surface area (Å²) in [5.41, 5.74) is 0. The molecule has 0 aliphatic heterocycles. The van der Waals surface area contributed by atoms with Gasteiger partial charge in [0.15, 0.2) is 0 Å². The first-order chi connectivity index (χ1) is 1.00. The van der Waals surface area contributed by atoms with E-state index >= 15 is 0 Å². The molecule has 0 aliphatic carbocycles. The molecule has 2 nitrogen and oxygen atoms in total. The summed E-state index contributed by atoms with van der Waals surface area (Å²) in [6, 6.07) is 0. The van der Waals surface area contributed by atoms with Gasteiger partial charge in [-0.25, -0.2) is 0 Å². The number of rotatable bonds is 0. The summed E-state index contributed by atoms with van der Waals surface area (Å²) in [6.07, 6.45) is 0. The third-order valence-electron chi connectivity index (χ3n) is 0. The molecule has 0 saturated heterocycles. The van der Waals surface area contributed by atoms with Crippen molar-refractivity contribution in [2.75, 3.05) is 7.11 Å². The molecular formula is CH5KO2. The van der Waals surface area contributed by atoms with Gasteiger partial charge in [-0.3, -0.25) is 0 Å². The van der Waals surface area contributed by atoms with Crippen LogP contribution in [0.3, 0.4) is 0 Å². The molecule has 0 aromatic carbocycles. The van der Waals surface area contributed by atoms with E-state index in [1.54, 1.807) is 0 Å². The molecule has 0 amide bonds. The topological polar surface area (TPSA) is 50.2 Å². The van der Waals surface area contributed by atoms with E-state index in [9.17, 15) is 0 Å². The quantitative estimate of drug-likeness (QED) is 0.311. The van der Waals surface area contributed by atoms with Crippen molar-refractivity contribution in [2.45, 2.75) is 0 Å². The van der Waals surface area contributed by atoms with Crippen LogP contribution in [0.1, 0.15) is 0 Å². The Bertz CT molecular complexity index is 6.00. The maximum atomic E-state index is 7.00. The summed E-state index contributed by atoms with van der Waals surface area (Å²) in [5.74, 6) is 0. The number of hydrogen-bond acceptors (Lipinski definition) is 2. The van der Waals surface area contributed by atoms with Crippen LogP contribution >= 0.6 is 0 Å². The smallest absolute Gasteiger partial charge is 0.870 e. The Labute approximate surface area is 67.9 Å². The molecule has 4 heavy (non-hydrogen) atoms. The standard InChI is InChI=1S/CH4O.K.H2O/c1-2;;/h2H,1H3;;1H2/q;+1;/p-1. The molecular weight excluding hydrogens is 83.1 g/mol. The molecule has 0 rings (SSSR count). The molecule has 0 atom stereocenters. The predicted molar refractivity (Wildman–Crippen MR) is 10.1 cm³/mol. The van der Waals surface area contributed by atoms with E-state index in [2.05, 4.69) is 0 Å². The molecule has 0 spiro atoms.